The van der Waals surface area contributed by atoms with E-state index in [1.54, 1.807) is 14.1 Å². The van der Waals surface area contributed by atoms with Crippen LogP contribution in [0.15, 0.2) is 4.99 Å². The molecule has 1 saturated heterocycles. The van der Waals surface area contributed by atoms with Crippen molar-refractivity contribution in [1.29, 1.82) is 0 Å². The summed E-state index contributed by atoms with van der Waals surface area (Å²) in [4.78, 5) is 29.7. The molecule has 2 amide bonds. The number of aliphatic imine (C=N–C) groups is 1. The summed E-state index contributed by atoms with van der Waals surface area (Å²) in [5.41, 5.74) is -0.589. The van der Waals surface area contributed by atoms with Crippen molar-refractivity contribution in [2.45, 2.75) is 39.7 Å². The molecule has 0 aromatic heterocycles. The van der Waals surface area contributed by atoms with Crippen LogP contribution in [-0.2, 0) is 14.3 Å². The smallest absolute Gasteiger partial charge is 0.243 e. The number of ether oxygens (including phenoxy) is 1. The maximum absolute atomic E-state index is 12.1. The molecule has 0 aromatic rings. The molecule has 0 saturated carbocycles. The third kappa shape index (κ3) is 7.72. The van der Waals surface area contributed by atoms with E-state index in [1.807, 2.05) is 20.8 Å². The third-order valence-corrected chi connectivity index (χ3v) is 4.04. The zero-order valence-electron chi connectivity index (χ0n) is 16.1. The fourth-order valence-electron chi connectivity index (χ4n) is 2.26. The highest BCUT2D eigenvalue weighted by Crippen LogP contribution is 2.13. The van der Waals surface area contributed by atoms with Gasteiger partial charge in [-0.25, -0.2) is 4.99 Å². The second-order valence-corrected chi connectivity index (χ2v) is 7.07. The average Bonchev–Trinajstić information content (AvgIpc) is 3.07. The first-order valence-corrected chi connectivity index (χ1v) is 8.88. The van der Waals surface area contributed by atoms with E-state index in [-0.39, 0.29) is 24.5 Å². The summed E-state index contributed by atoms with van der Waals surface area (Å²) in [5.74, 6) is 0.412. The van der Waals surface area contributed by atoms with Crippen molar-refractivity contribution in [3.05, 3.63) is 0 Å². The molecule has 0 radical (unpaired) electrons. The van der Waals surface area contributed by atoms with E-state index in [0.29, 0.717) is 25.6 Å². The van der Waals surface area contributed by atoms with Crippen LogP contribution >= 0.6 is 0 Å². The van der Waals surface area contributed by atoms with Gasteiger partial charge in [-0.2, -0.15) is 0 Å². The monoisotopic (exact) mass is 355 g/mol. The topological polar surface area (TPSA) is 95.1 Å². The van der Waals surface area contributed by atoms with Crippen molar-refractivity contribution in [3.8, 4) is 0 Å². The van der Waals surface area contributed by atoms with Crippen LogP contribution in [0.1, 0.15) is 33.6 Å². The van der Waals surface area contributed by atoms with Crippen LogP contribution in [0.4, 0.5) is 0 Å². The number of guanidine groups is 1. The molecule has 0 aromatic carbocycles. The van der Waals surface area contributed by atoms with Crippen LogP contribution in [-0.4, -0.2) is 75.7 Å². The molecule has 0 bridgehead atoms. The maximum Gasteiger partial charge on any atom is 0.243 e. The van der Waals surface area contributed by atoms with Gasteiger partial charge in [-0.05, 0) is 33.6 Å². The van der Waals surface area contributed by atoms with Crippen molar-refractivity contribution >= 4 is 17.8 Å². The van der Waals surface area contributed by atoms with E-state index in [4.69, 9.17) is 4.74 Å². The van der Waals surface area contributed by atoms with Crippen LogP contribution in [0, 0.1) is 5.41 Å². The number of amides is 2. The SMILES string of the molecule is CCNC(=O)C(C)(C)CNC(=NCC(=O)N(C)C)NCC1CCCO1. The lowest BCUT2D eigenvalue weighted by atomic mass is 9.92. The van der Waals surface area contributed by atoms with Crippen molar-refractivity contribution in [2.75, 3.05) is 46.9 Å². The first-order valence-electron chi connectivity index (χ1n) is 8.88. The minimum absolute atomic E-state index is 0.0228. The van der Waals surface area contributed by atoms with Gasteiger partial charge >= 0.3 is 0 Å². The predicted octanol–water partition coefficient (Wildman–Crippen LogP) is -0.0489. The molecule has 3 N–H and O–H groups in total. The minimum atomic E-state index is -0.589. The van der Waals surface area contributed by atoms with E-state index in [2.05, 4.69) is 20.9 Å². The highest BCUT2D eigenvalue weighted by atomic mass is 16.5. The molecule has 1 rings (SSSR count). The average molecular weight is 355 g/mol. The molecule has 0 aliphatic carbocycles. The maximum atomic E-state index is 12.1. The summed E-state index contributed by atoms with van der Waals surface area (Å²) in [6, 6.07) is 0. The van der Waals surface area contributed by atoms with Crippen molar-refractivity contribution in [3.63, 3.8) is 0 Å². The van der Waals surface area contributed by atoms with Gasteiger partial charge in [0.25, 0.3) is 0 Å². The number of nitrogens with one attached hydrogen (secondary N) is 3. The summed E-state index contributed by atoms with van der Waals surface area (Å²) >= 11 is 0. The number of carbonyl (C=O) groups excluding carboxylic acids is 2. The largest absolute Gasteiger partial charge is 0.376 e. The van der Waals surface area contributed by atoms with E-state index in [1.165, 1.54) is 4.90 Å². The Labute approximate surface area is 150 Å². The molecule has 8 nitrogen and oxygen atoms in total. The van der Waals surface area contributed by atoms with Gasteiger partial charge in [0.1, 0.15) is 6.54 Å². The number of rotatable bonds is 8. The molecule has 0 spiro atoms. The van der Waals surface area contributed by atoms with E-state index >= 15 is 0 Å². The summed E-state index contributed by atoms with van der Waals surface area (Å²) in [7, 11) is 3.39. The number of hydrogen-bond donors (Lipinski definition) is 3. The molecule has 1 unspecified atom stereocenters. The molecular weight excluding hydrogens is 322 g/mol. The quantitative estimate of drug-likeness (QED) is 0.419. The van der Waals surface area contributed by atoms with Gasteiger partial charge in [0.15, 0.2) is 5.96 Å². The molecule has 1 heterocycles. The summed E-state index contributed by atoms with van der Waals surface area (Å²) in [5, 5.41) is 9.21. The number of carbonyl (C=O) groups is 2. The number of nitrogens with zero attached hydrogens (tertiary/aromatic N) is 2. The first kappa shape index (κ1) is 21.2. The van der Waals surface area contributed by atoms with Gasteiger partial charge in [0.05, 0.1) is 11.5 Å². The summed E-state index contributed by atoms with van der Waals surface area (Å²) in [6.07, 6.45) is 2.24. The van der Waals surface area contributed by atoms with Crippen LogP contribution in [0.2, 0.25) is 0 Å². The second-order valence-electron chi connectivity index (χ2n) is 7.07. The molecular formula is C17H33N5O3. The molecule has 25 heavy (non-hydrogen) atoms. The van der Waals surface area contributed by atoms with E-state index in [9.17, 15) is 9.59 Å². The Hall–Kier alpha value is -1.83. The fourth-order valence-corrected chi connectivity index (χ4v) is 2.26. The lowest BCUT2D eigenvalue weighted by Crippen LogP contribution is -2.49. The highest BCUT2D eigenvalue weighted by molar-refractivity contribution is 5.86. The lowest BCUT2D eigenvalue weighted by molar-refractivity contribution is -0.129. The zero-order chi connectivity index (χ0) is 18.9. The van der Waals surface area contributed by atoms with Gasteiger partial charge in [-0.3, -0.25) is 9.59 Å². The minimum Gasteiger partial charge on any atom is -0.376 e. The van der Waals surface area contributed by atoms with Crippen molar-refractivity contribution < 1.29 is 14.3 Å². The zero-order valence-corrected chi connectivity index (χ0v) is 16.1. The Morgan fingerprint density at radius 3 is 2.52 bits per heavy atom. The second kappa shape index (κ2) is 10.2. The van der Waals surface area contributed by atoms with E-state index in [0.717, 1.165) is 19.4 Å². The van der Waals surface area contributed by atoms with Crippen LogP contribution in [0.25, 0.3) is 0 Å². The van der Waals surface area contributed by atoms with Gasteiger partial charge < -0.3 is 25.6 Å². The number of likely N-dealkylation sites (N-methyl/N-ethyl adjacent to an activating group) is 1. The Morgan fingerprint density at radius 1 is 1.24 bits per heavy atom. The third-order valence-electron chi connectivity index (χ3n) is 4.04. The number of hydrogen-bond acceptors (Lipinski definition) is 4. The van der Waals surface area contributed by atoms with Crippen LogP contribution in [0.3, 0.4) is 0 Å². The Balaban J connectivity index is 2.63. The lowest BCUT2D eigenvalue weighted by Gasteiger charge is -2.25. The van der Waals surface area contributed by atoms with Gasteiger partial charge in [0, 0.05) is 40.3 Å². The molecule has 1 aliphatic rings. The summed E-state index contributed by atoms with van der Waals surface area (Å²) < 4.78 is 5.60. The van der Waals surface area contributed by atoms with Gasteiger partial charge in [0.2, 0.25) is 11.8 Å². The molecule has 144 valence electrons. The first-order chi connectivity index (χ1) is 11.8. The van der Waals surface area contributed by atoms with Crippen LogP contribution in [0.5, 0.6) is 0 Å². The Kier molecular flexibility index (Phi) is 8.68. The standard InChI is InChI=1S/C17H33N5O3/c1-6-18-15(24)17(2,3)12-21-16(20-11-14(23)22(4)5)19-10-13-8-7-9-25-13/h13H,6-12H2,1-5H3,(H,18,24)(H2,19,20,21). The summed E-state index contributed by atoms with van der Waals surface area (Å²) in [6.45, 7) is 8.10. The van der Waals surface area contributed by atoms with E-state index < -0.39 is 5.41 Å². The highest BCUT2D eigenvalue weighted by Gasteiger charge is 2.27. The van der Waals surface area contributed by atoms with Crippen molar-refractivity contribution in [2.24, 2.45) is 10.4 Å². The van der Waals surface area contributed by atoms with Gasteiger partial charge in [-0.1, -0.05) is 0 Å². The Bertz CT molecular complexity index is 471. The molecule has 8 heteroatoms. The predicted molar refractivity (Wildman–Crippen MR) is 98.4 cm³/mol. The Morgan fingerprint density at radius 2 is 1.96 bits per heavy atom. The normalized spacial score (nSPS) is 18.0. The van der Waals surface area contributed by atoms with Gasteiger partial charge in [-0.15, -0.1) is 0 Å². The molecule has 1 aliphatic heterocycles. The molecule has 1 atom stereocenters. The van der Waals surface area contributed by atoms with Crippen molar-refractivity contribution in [1.82, 2.24) is 20.9 Å². The molecule has 1 fully saturated rings. The fraction of sp³-hybridized carbons (Fsp3) is 0.824. The van der Waals surface area contributed by atoms with Crippen LogP contribution < -0.4 is 16.0 Å².